The molecule has 2 rings (SSSR count). The van der Waals surface area contributed by atoms with Crippen LogP contribution in [0.3, 0.4) is 0 Å². The Morgan fingerprint density at radius 2 is 1.95 bits per heavy atom. The maximum atomic E-state index is 11.5. The zero-order valence-corrected chi connectivity index (χ0v) is 13.2. The van der Waals surface area contributed by atoms with Crippen molar-refractivity contribution in [2.45, 2.75) is 31.1 Å². The fourth-order valence-electron chi connectivity index (χ4n) is 2.46. The predicted octanol–water partition coefficient (Wildman–Crippen LogP) is 2.76. The van der Waals surface area contributed by atoms with E-state index in [1.165, 1.54) is 12.0 Å². The second-order valence-corrected chi connectivity index (χ2v) is 5.87. The van der Waals surface area contributed by atoms with E-state index in [2.05, 4.69) is 45.5 Å². The Balaban J connectivity index is 0.00000180. The Labute approximate surface area is 128 Å². The van der Waals surface area contributed by atoms with Crippen molar-refractivity contribution in [2.75, 3.05) is 13.1 Å². The number of hydrogen-bond donors (Lipinski definition) is 2. The Kier molecular flexibility index (Phi) is 6.30. The number of carbonyl (C=O) groups excluding carboxylic acids is 1. The summed E-state index contributed by atoms with van der Waals surface area (Å²) in [5.41, 5.74) is 6.84. The molecule has 1 saturated carbocycles. The van der Waals surface area contributed by atoms with E-state index in [0.717, 1.165) is 23.9 Å². The van der Waals surface area contributed by atoms with Crippen molar-refractivity contribution >= 4 is 34.2 Å². The topological polar surface area (TPSA) is 55.1 Å². The van der Waals surface area contributed by atoms with Gasteiger partial charge in [-0.15, -0.1) is 12.4 Å². The van der Waals surface area contributed by atoms with Gasteiger partial charge in [0.1, 0.15) is 0 Å². The molecule has 0 bridgehead atoms. The van der Waals surface area contributed by atoms with Gasteiger partial charge in [-0.25, -0.2) is 0 Å². The van der Waals surface area contributed by atoms with E-state index in [0.29, 0.717) is 13.0 Å². The summed E-state index contributed by atoms with van der Waals surface area (Å²) < 4.78 is 1.09. The Morgan fingerprint density at radius 3 is 2.42 bits per heavy atom. The van der Waals surface area contributed by atoms with Crippen LogP contribution in [0.25, 0.3) is 0 Å². The molecular formula is C14H20BrClN2O. The molecule has 1 aliphatic rings. The lowest BCUT2D eigenvalue weighted by Crippen LogP contribution is -2.45. The number of carbonyl (C=O) groups is 1. The first-order chi connectivity index (χ1) is 8.66. The summed E-state index contributed by atoms with van der Waals surface area (Å²) in [6.07, 6.45) is 3.95. The normalized spacial score (nSPS) is 16.1. The van der Waals surface area contributed by atoms with E-state index >= 15 is 0 Å². The van der Waals surface area contributed by atoms with Crippen LogP contribution in [0.2, 0.25) is 0 Å². The molecule has 0 aromatic heterocycles. The molecule has 0 aliphatic heterocycles. The largest absolute Gasteiger partial charge is 0.355 e. The molecule has 1 aliphatic carbocycles. The van der Waals surface area contributed by atoms with E-state index in [9.17, 15) is 4.79 Å². The molecule has 0 radical (unpaired) electrons. The van der Waals surface area contributed by atoms with E-state index in [1.807, 2.05) is 0 Å². The fraction of sp³-hybridized carbons (Fsp3) is 0.500. The summed E-state index contributed by atoms with van der Waals surface area (Å²) in [6.45, 7) is 1.14. The average molecular weight is 348 g/mol. The number of hydrogen-bond acceptors (Lipinski definition) is 2. The summed E-state index contributed by atoms with van der Waals surface area (Å²) in [4.78, 5) is 11.5. The molecule has 1 fully saturated rings. The highest BCUT2D eigenvalue weighted by molar-refractivity contribution is 9.10. The molecular weight excluding hydrogens is 328 g/mol. The van der Waals surface area contributed by atoms with Gasteiger partial charge < -0.3 is 11.1 Å². The van der Waals surface area contributed by atoms with Crippen LogP contribution in [0.4, 0.5) is 0 Å². The number of nitrogens with two attached hydrogens (primary N) is 1. The minimum absolute atomic E-state index is 0. The molecule has 0 spiro atoms. The zero-order valence-electron chi connectivity index (χ0n) is 10.8. The van der Waals surface area contributed by atoms with Gasteiger partial charge in [-0.05, 0) is 30.5 Å². The lowest BCUT2D eigenvalue weighted by Gasteiger charge is -2.42. The number of benzene rings is 1. The third kappa shape index (κ3) is 3.94. The highest BCUT2D eigenvalue weighted by Gasteiger charge is 2.38. The van der Waals surface area contributed by atoms with Crippen molar-refractivity contribution in [3.63, 3.8) is 0 Å². The second kappa shape index (κ2) is 7.27. The summed E-state index contributed by atoms with van der Waals surface area (Å²) >= 11 is 3.45. The molecule has 5 heteroatoms. The van der Waals surface area contributed by atoms with Crippen LogP contribution in [0, 0.1) is 0 Å². The van der Waals surface area contributed by atoms with E-state index in [1.54, 1.807) is 0 Å². The van der Waals surface area contributed by atoms with Crippen molar-refractivity contribution < 1.29 is 4.79 Å². The van der Waals surface area contributed by atoms with Gasteiger partial charge in [0.2, 0.25) is 5.91 Å². The minimum atomic E-state index is 0. The molecule has 106 valence electrons. The highest BCUT2D eigenvalue weighted by Crippen LogP contribution is 2.43. The lowest BCUT2D eigenvalue weighted by molar-refractivity contribution is -0.121. The number of amides is 1. The molecule has 19 heavy (non-hydrogen) atoms. The molecule has 1 aromatic carbocycles. The van der Waals surface area contributed by atoms with Gasteiger partial charge in [-0.1, -0.05) is 34.5 Å². The highest BCUT2D eigenvalue weighted by atomic mass is 79.9. The van der Waals surface area contributed by atoms with Crippen molar-refractivity contribution in [1.29, 1.82) is 0 Å². The van der Waals surface area contributed by atoms with Crippen molar-refractivity contribution in [3.05, 3.63) is 34.3 Å². The number of rotatable bonds is 5. The van der Waals surface area contributed by atoms with Crippen molar-refractivity contribution in [2.24, 2.45) is 5.73 Å². The molecule has 3 nitrogen and oxygen atoms in total. The Morgan fingerprint density at radius 1 is 1.32 bits per heavy atom. The summed E-state index contributed by atoms with van der Waals surface area (Å²) in [5, 5.41) is 3.01. The number of halogens is 2. The second-order valence-electron chi connectivity index (χ2n) is 4.96. The smallest absolute Gasteiger partial charge is 0.221 e. The van der Waals surface area contributed by atoms with Gasteiger partial charge in [0, 0.05) is 29.4 Å². The maximum absolute atomic E-state index is 11.5. The molecule has 3 N–H and O–H groups in total. The maximum Gasteiger partial charge on any atom is 0.221 e. The molecule has 0 unspecified atom stereocenters. The van der Waals surface area contributed by atoms with Gasteiger partial charge in [0.05, 0.1) is 0 Å². The predicted molar refractivity (Wildman–Crippen MR) is 83.6 cm³/mol. The van der Waals surface area contributed by atoms with Gasteiger partial charge >= 0.3 is 0 Å². The van der Waals surface area contributed by atoms with Gasteiger partial charge in [0.25, 0.3) is 0 Å². The monoisotopic (exact) mass is 346 g/mol. The summed E-state index contributed by atoms with van der Waals surface area (Å²) in [5.74, 6) is 0.0564. The van der Waals surface area contributed by atoms with Crippen LogP contribution < -0.4 is 11.1 Å². The first-order valence-electron chi connectivity index (χ1n) is 6.39. The van der Waals surface area contributed by atoms with Crippen LogP contribution in [0.1, 0.15) is 31.2 Å². The molecule has 1 aromatic rings. The first kappa shape index (κ1) is 16.5. The zero-order chi connectivity index (χ0) is 13.0. The Bertz CT molecular complexity index is 418. The van der Waals surface area contributed by atoms with E-state index in [-0.39, 0.29) is 23.7 Å². The van der Waals surface area contributed by atoms with E-state index < -0.39 is 0 Å². The van der Waals surface area contributed by atoms with Crippen LogP contribution in [-0.2, 0) is 10.2 Å². The SMILES string of the molecule is Cl.NCCC(=O)NCC1(c2ccc(Br)cc2)CCC1. The standard InChI is InChI=1S/C14H19BrN2O.ClH/c15-12-4-2-11(3-5-12)14(7-1-8-14)10-17-13(18)6-9-16;/h2-5H,1,6-10,16H2,(H,17,18);1H. The summed E-state index contributed by atoms with van der Waals surface area (Å²) in [7, 11) is 0. The first-order valence-corrected chi connectivity index (χ1v) is 7.18. The lowest BCUT2D eigenvalue weighted by atomic mass is 9.64. The third-order valence-corrected chi connectivity index (χ3v) is 4.29. The molecule has 0 saturated heterocycles. The van der Waals surface area contributed by atoms with Crippen LogP contribution in [0.5, 0.6) is 0 Å². The van der Waals surface area contributed by atoms with E-state index in [4.69, 9.17) is 5.73 Å². The molecule has 0 atom stereocenters. The molecule has 0 heterocycles. The van der Waals surface area contributed by atoms with Crippen LogP contribution in [-0.4, -0.2) is 19.0 Å². The van der Waals surface area contributed by atoms with Crippen LogP contribution >= 0.6 is 28.3 Å². The van der Waals surface area contributed by atoms with Crippen LogP contribution in [0.15, 0.2) is 28.7 Å². The van der Waals surface area contributed by atoms with Crippen molar-refractivity contribution in [1.82, 2.24) is 5.32 Å². The number of nitrogens with one attached hydrogen (secondary N) is 1. The van der Waals surface area contributed by atoms with Gasteiger partial charge in [0.15, 0.2) is 0 Å². The average Bonchev–Trinajstić information content (AvgIpc) is 2.30. The Hall–Kier alpha value is -0.580. The summed E-state index contributed by atoms with van der Waals surface area (Å²) in [6, 6.07) is 8.44. The minimum Gasteiger partial charge on any atom is -0.355 e. The fourth-order valence-corrected chi connectivity index (χ4v) is 2.73. The molecule has 1 amide bonds. The van der Waals surface area contributed by atoms with Crippen molar-refractivity contribution in [3.8, 4) is 0 Å². The third-order valence-electron chi connectivity index (χ3n) is 3.76. The quantitative estimate of drug-likeness (QED) is 0.860. The van der Waals surface area contributed by atoms with Gasteiger partial charge in [-0.2, -0.15) is 0 Å². The van der Waals surface area contributed by atoms with Gasteiger partial charge in [-0.3, -0.25) is 4.79 Å².